The topological polar surface area (TPSA) is 90.7 Å². The second-order valence-electron chi connectivity index (χ2n) is 3.87. The van der Waals surface area contributed by atoms with Gasteiger partial charge in [-0.05, 0) is 13.0 Å². The van der Waals surface area contributed by atoms with Gasteiger partial charge in [-0.3, -0.25) is 14.9 Å². The molecule has 104 valence electrons. The Kier molecular flexibility index (Phi) is 5.40. The Balaban J connectivity index is 2.77. The molecule has 0 spiro atoms. The van der Waals surface area contributed by atoms with Gasteiger partial charge in [-0.25, -0.2) is 0 Å². The number of carbonyl (C=O) groups is 1. The van der Waals surface area contributed by atoms with Crippen LogP contribution in [-0.2, 0) is 9.47 Å². The summed E-state index contributed by atoms with van der Waals surface area (Å²) in [5.41, 5.74) is 0.652. The number of nitrogens with zero attached hydrogens (tertiary/aromatic N) is 1. The minimum Gasteiger partial charge on any atom is -0.354 e. The summed E-state index contributed by atoms with van der Waals surface area (Å²) in [7, 11) is 2.91. The molecular formula is C12H16N2O5. The van der Waals surface area contributed by atoms with Crippen LogP contribution in [0.5, 0.6) is 0 Å². The van der Waals surface area contributed by atoms with E-state index in [0.29, 0.717) is 5.56 Å². The molecule has 0 aliphatic carbocycles. The second kappa shape index (κ2) is 6.81. The van der Waals surface area contributed by atoms with Gasteiger partial charge in [0.2, 0.25) is 0 Å². The van der Waals surface area contributed by atoms with Gasteiger partial charge in [0.25, 0.3) is 11.6 Å². The van der Waals surface area contributed by atoms with Gasteiger partial charge in [-0.15, -0.1) is 0 Å². The highest BCUT2D eigenvalue weighted by Crippen LogP contribution is 2.19. The molecule has 0 aliphatic heterocycles. The van der Waals surface area contributed by atoms with Gasteiger partial charge in [-0.2, -0.15) is 0 Å². The van der Waals surface area contributed by atoms with Crippen molar-refractivity contribution in [3.63, 3.8) is 0 Å². The maximum atomic E-state index is 11.8. The number of rotatable bonds is 6. The first kappa shape index (κ1) is 15.1. The van der Waals surface area contributed by atoms with Crippen LogP contribution in [0.1, 0.15) is 15.9 Å². The molecule has 0 aliphatic rings. The van der Waals surface area contributed by atoms with Crippen molar-refractivity contribution in [3.05, 3.63) is 39.4 Å². The summed E-state index contributed by atoms with van der Waals surface area (Å²) in [6, 6.07) is 4.32. The zero-order chi connectivity index (χ0) is 14.4. The average Bonchev–Trinajstić information content (AvgIpc) is 2.39. The molecule has 1 aromatic carbocycles. The number of benzene rings is 1. The first-order valence-corrected chi connectivity index (χ1v) is 5.58. The Hall–Kier alpha value is -1.99. The van der Waals surface area contributed by atoms with Crippen LogP contribution in [0.2, 0.25) is 0 Å². The van der Waals surface area contributed by atoms with E-state index < -0.39 is 17.1 Å². The normalized spacial score (nSPS) is 10.5. The molecule has 1 amide bonds. The number of nitro groups is 1. The van der Waals surface area contributed by atoms with Crippen molar-refractivity contribution in [3.8, 4) is 0 Å². The molecule has 1 rings (SSSR count). The zero-order valence-corrected chi connectivity index (χ0v) is 11.0. The van der Waals surface area contributed by atoms with E-state index in [1.807, 2.05) is 0 Å². The number of methoxy groups -OCH3 is 2. The third-order valence-corrected chi connectivity index (χ3v) is 2.62. The molecule has 0 radical (unpaired) electrons. The van der Waals surface area contributed by atoms with Crippen LogP contribution in [0.3, 0.4) is 0 Å². The average molecular weight is 268 g/mol. The van der Waals surface area contributed by atoms with Crippen molar-refractivity contribution in [1.29, 1.82) is 0 Å². The number of ether oxygens (including phenoxy) is 2. The fraction of sp³-hybridized carbons (Fsp3) is 0.417. The quantitative estimate of drug-likeness (QED) is 0.476. The minimum atomic E-state index is -0.551. The number of hydrogen-bond acceptors (Lipinski definition) is 5. The Labute approximate surface area is 110 Å². The highest BCUT2D eigenvalue weighted by atomic mass is 16.7. The van der Waals surface area contributed by atoms with E-state index in [0.717, 1.165) is 0 Å². The molecule has 0 aromatic heterocycles. The molecular weight excluding hydrogens is 252 g/mol. The lowest BCUT2D eigenvalue weighted by Crippen LogP contribution is -2.34. The highest BCUT2D eigenvalue weighted by Gasteiger charge is 2.15. The van der Waals surface area contributed by atoms with Crippen LogP contribution in [0.25, 0.3) is 0 Å². The maximum absolute atomic E-state index is 11.8. The van der Waals surface area contributed by atoms with Crippen molar-refractivity contribution < 1.29 is 19.2 Å². The summed E-state index contributed by atoms with van der Waals surface area (Å²) in [5, 5.41) is 13.4. The monoisotopic (exact) mass is 268 g/mol. The Bertz CT molecular complexity index is 471. The lowest BCUT2D eigenvalue weighted by molar-refractivity contribution is -0.385. The number of carbonyl (C=O) groups excluding carboxylic acids is 1. The highest BCUT2D eigenvalue weighted by molar-refractivity contribution is 5.94. The molecule has 19 heavy (non-hydrogen) atoms. The third-order valence-electron chi connectivity index (χ3n) is 2.62. The van der Waals surface area contributed by atoms with E-state index in [4.69, 9.17) is 9.47 Å². The number of nitrogens with one attached hydrogen (secondary N) is 1. The molecule has 7 heteroatoms. The largest absolute Gasteiger partial charge is 0.354 e. The third kappa shape index (κ3) is 4.01. The Morgan fingerprint density at radius 3 is 2.58 bits per heavy atom. The Morgan fingerprint density at radius 1 is 1.42 bits per heavy atom. The number of hydrogen-bond donors (Lipinski definition) is 1. The zero-order valence-electron chi connectivity index (χ0n) is 11.0. The van der Waals surface area contributed by atoms with Crippen LogP contribution < -0.4 is 5.32 Å². The maximum Gasteiger partial charge on any atom is 0.273 e. The van der Waals surface area contributed by atoms with Crippen LogP contribution in [0.15, 0.2) is 18.2 Å². The van der Waals surface area contributed by atoms with E-state index >= 15 is 0 Å². The summed E-state index contributed by atoms with van der Waals surface area (Å²) in [6.07, 6.45) is -0.551. The van der Waals surface area contributed by atoms with Crippen LogP contribution in [-0.4, -0.2) is 37.9 Å². The van der Waals surface area contributed by atoms with Gasteiger partial charge in [0, 0.05) is 31.4 Å². The van der Waals surface area contributed by atoms with Crippen molar-refractivity contribution in [1.82, 2.24) is 5.32 Å². The second-order valence-corrected chi connectivity index (χ2v) is 3.87. The SMILES string of the molecule is COC(CNC(=O)c1ccc(C)c([N+](=O)[O-])c1)OC. The van der Waals surface area contributed by atoms with Gasteiger partial charge in [0.15, 0.2) is 6.29 Å². The van der Waals surface area contributed by atoms with E-state index in [-0.39, 0.29) is 17.8 Å². The summed E-state index contributed by atoms with van der Waals surface area (Å²) in [6.45, 7) is 1.78. The van der Waals surface area contributed by atoms with E-state index in [1.54, 1.807) is 6.92 Å². The lowest BCUT2D eigenvalue weighted by Gasteiger charge is -2.14. The fourth-order valence-electron chi connectivity index (χ4n) is 1.49. The van der Waals surface area contributed by atoms with E-state index in [9.17, 15) is 14.9 Å². The fourth-order valence-corrected chi connectivity index (χ4v) is 1.49. The number of aryl methyl sites for hydroxylation is 1. The number of amides is 1. The van der Waals surface area contributed by atoms with Gasteiger partial charge in [-0.1, -0.05) is 6.07 Å². The Morgan fingerprint density at radius 2 is 2.05 bits per heavy atom. The number of nitro benzene ring substituents is 1. The first-order valence-electron chi connectivity index (χ1n) is 5.58. The van der Waals surface area contributed by atoms with E-state index in [1.165, 1.54) is 32.4 Å². The summed E-state index contributed by atoms with van der Waals surface area (Å²) in [4.78, 5) is 22.1. The first-order chi connectivity index (χ1) is 8.99. The smallest absolute Gasteiger partial charge is 0.273 e. The molecule has 0 saturated heterocycles. The predicted molar refractivity (Wildman–Crippen MR) is 68.0 cm³/mol. The molecule has 0 fully saturated rings. The molecule has 1 aromatic rings. The van der Waals surface area contributed by atoms with Crippen molar-refractivity contribution in [2.45, 2.75) is 13.2 Å². The van der Waals surface area contributed by atoms with E-state index in [2.05, 4.69) is 5.32 Å². The van der Waals surface area contributed by atoms with Gasteiger partial charge in [0.1, 0.15) is 0 Å². The molecule has 0 bridgehead atoms. The molecule has 1 N–H and O–H groups in total. The summed E-state index contributed by atoms with van der Waals surface area (Å²) < 4.78 is 9.84. The standard InChI is InChI=1S/C12H16N2O5/c1-8-4-5-9(6-10(8)14(16)17)12(15)13-7-11(18-2)19-3/h4-6,11H,7H2,1-3H3,(H,13,15). The van der Waals surface area contributed by atoms with Gasteiger partial charge in [0.05, 0.1) is 11.5 Å². The molecule has 0 atom stereocenters. The van der Waals surface area contributed by atoms with Crippen LogP contribution in [0.4, 0.5) is 5.69 Å². The summed E-state index contributed by atoms with van der Waals surface area (Å²) >= 11 is 0. The lowest BCUT2D eigenvalue weighted by atomic mass is 10.1. The molecule has 0 unspecified atom stereocenters. The predicted octanol–water partition coefficient (Wildman–Crippen LogP) is 1.25. The minimum absolute atomic E-state index is 0.0808. The molecule has 7 nitrogen and oxygen atoms in total. The van der Waals surface area contributed by atoms with Crippen molar-refractivity contribution in [2.24, 2.45) is 0 Å². The molecule has 0 saturated carbocycles. The summed E-state index contributed by atoms with van der Waals surface area (Å²) in [5.74, 6) is -0.415. The van der Waals surface area contributed by atoms with Crippen LogP contribution >= 0.6 is 0 Å². The van der Waals surface area contributed by atoms with Gasteiger partial charge >= 0.3 is 0 Å². The van der Waals surface area contributed by atoms with Gasteiger partial charge < -0.3 is 14.8 Å². The molecule has 0 heterocycles. The van der Waals surface area contributed by atoms with Crippen molar-refractivity contribution in [2.75, 3.05) is 20.8 Å². The van der Waals surface area contributed by atoms with Crippen molar-refractivity contribution >= 4 is 11.6 Å². The van der Waals surface area contributed by atoms with Crippen LogP contribution in [0, 0.1) is 17.0 Å².